The predicted octanol–water partition coefficient (Wildman–Crippen LogP) is 10.6. The third-order valence-electron chi connectivity index (χ3n) is 9.25. The molecule has 0 aromatic heterocycles. The second kappa shape index (κ2) is 8.16. The van der Waals surface area contributed by atoms with Gasteiger partial charge in [0.15, 0.2) is 6.10 Å². The Labute approximate surface area is 255 Å². The summed E-state index contributed by atoms with van der Waals surface area (Å²) in [5.41, 5.74) is 8.02. The largest absolute Gasteiger partial charge is 0.480 e. The zero-order valence-electron chi connectivity index (χ0n) is 24.4. The Hall–Kier alpha value is -3.31. The Balaban J connectivity index is 1.40. The van der Waals surface area contributed by atoms with Crippen molar-refractivity contribution in [3.05, 3.63) is 118 Å². The summed E-state index contributed by atoms with van der Waals surface area (Å²) in [6, 6.07) is 31.4. The summed E-state index contributed by atoms with van der Waals surface area (Å²) in [5.74, 6) is 1.84. The molecule has 3 aliphatic rings. The number of benzene rings is 5. The minimum Gasteiger partial charge on any atom is -0.480 e. The van der Waals surface area contributed by atoms with Gasteiger partial charge in [0.25, 0.3) is 0 Å². The van der Waals surface area contributed by atoms with Crippen molar-refractivity contribution in [3.63, 3.8) is 0 Å². The van der Waals surface area contributed by atoms with Crippen molar-refractivity contribution >= 4 is 53.3 Å². The molecule has 1 spiro atoms. The normalized spacial score (nSPS) is 20.7. The van der Waals surface area contributed by atoms with Gasteiger partial charge < -0.3 is 9.47 Å². The highest BCUT2D eigenvalue weighted by Crippen LogP contribution is 2.68. The highest BCUT2D eigenvalue weighted by molar-refractivity contribution is 14.1. The first-order chi connectivity index (χ1) is 19.5. The summed E-state index contributed by atoms with van der Waals surface area (Å²) in [4.78, 5) is 0. The van der Waals surface area contributed by atoms with Gasteiger partial charge in [0.2, 0.25) is 5.60 Å². The second-order valence-electron chi connectivity index (χ2n) is 13.9. The van der Waals surface area contributed by atoms with E-state index in [1.807, 2.05) is 0 Å². The van der Waals surface area contributed by atoms with Crippen molar-refractivity contribution in [2.24, 2.45) is 0 Å². The lowest BCUT2D eigenvalue weighted by Crippen LogP contribution is -2.40. The molecule has 0 saturated heterocycles. The van der Waals surface area contributed by atoms with Crippen LogP contribution in [0.15, 0.2) is 84.9 Å². The summed E-state index contributed by atoms with van der Waals surface area (Å²) >= 11 is 2.55. The first-order valence-corrected chi connectivity index (χ1v) is 15.6. The molecule has 0 radical (unpaired) electrons. The van der Waals surface area contributed by atoms with Gasteiger partial charge in [-0.2, -0.15) is 0 Å². The number of ether oxygens (including phenoxy) is 2. The fraction of sp³-hybridized carbons (Fsp3) is 0.263. The molecule has 0 N–H and O–H groups in total. The molecule has 2 unspecified atom stereocenters. The molecular formula is C38H33IO2. The lowest BCUT2D eigenvalue weighted by molar-refractivity contribution is 0.0237. The summed E-state index contributed by atoms with van der Waals surface area (Å²) in [5, 5.41) is 4.86. The van der Waals surface area contributed by atoms with Crippen LogP contribution in [0.4, 0.5) is 0 Å². The quantitative estimate of drug-likeness (QED) is 0.156. The van der Waals surface area contributed by atoms with E-state index in [9.17, 15) is 0 Å². The Morgan fingerprint density at radius 1 is 0.683 bits per heavy atom. The van der Waals surface area contributed by atoms with Gasteiger partial charge in [0.05, 0.1) is 0 Å². The molecule has 2 nitrogen and oxygen atoms in total. The number of hydrogen-bond acceptors (Lipinski definition) is 2. The summed E-state index contributed by atoms with van der Waals surface area (Å²) in [6.07, 6.45) is -0.272. The first kappa shape index (κ1) is 25.4. The SMILES string of the molecule is CC(C)(C)c1ccc2cc3c(cc2c1)OC12C(=C(I)c4ccccc41)c1c(ccc4cc(C(C)(C)C)ccc14)OC32. The molecule has 5 aromatic carbocycles. The fourth-order valence-electron chi connectivity index (χ4n) is 7.01. The van der Waals surface area contributed by atoms with E-state index in [4.69, 9.17) is 9.47 Å². The topological polar surface area (TPSA) is 18.5 Å². The van der Waals surface area contributed by atoms with E-state index in [2.05, 4.69) is 149 Å². The minimum absolute atomic E-state index is 0.0786. The van der Waals surface area contributed by atoms with Crippen LogP contribution >= 0.6 is 22.6 Å². The van der Waals surface area contributed by atoms with E-state index in [1.165, 1.54) is 53.0 Å². The molecular weight excluding hydrogens is 615 g/mol. The molecule has 0 fully saturated rings. The summed E-state index contributed by atoms with van der Waals surface area (Å²) in [7, 11) is 0. The zero-order chi connectivity index (χ0) is 28.5. The molecule has 2 atom stereocenters. The standard InChI is InChI=1S/C38H33IO2/c1-36(2,3)24-13-11-21-19-28-31(20-23(21)18-24)41-38-29-10-8-7-9-27(29)34(39)33(38)32-26-15-14-25(37(4,5)6)17-22(26)12-16-30(32)40-35(28)38/h7-20,35H,1-6H3. The lowest BCUT2D eigenvalue weighted by Gasteiger charge is -2.40. The molecule has 5 aromatic rings. The van der Waals surface area contributed by atoms with Gasteiger partial charge in [0, 0.05) is 25.8 Å². The number of halogens is 1. The van der Waals surface area contributed by atoms with E-state index in [0.717, 1.165) is 22.6 Å². The average Bonchev–Trinajstić information content (AvgIpc) is 3.38. The van der Waals surface area contributed by atoms with Crippen molar-refractivity contribution in [1.29, 1.82) is 0 Å². The minimum atomic E-state index is -0.732. The molecule has 2 heterocycles. The van der Waals surface area contributed by atoms with Crippen molar-refractivity contribution in [2.45, 2.75) is 64.1 Å². The fourth-order valence-corrected chi connectivity index (χ4v) is 8.15. The Morgan fingerprint density at radius 2 is 1.37 bits per heavy atom. The maximum atomic E-state index is 7.25. The second-order valence-corrected chi connectivity index (χ2v) is 15.0. The van der Waals surface area contributed by atoms with Crippen LogP contribution in [0.2, 0.25) is 0 Å². The average molecular weight is 649 g/mol. The van der Waals surface area contributed by atoms with E-state index in [1.54, 1.807) is 0 Å². The maximum Gasteiger partial charge on any atom is 0.202 e. The maximum absolute atomic E-state index is 7.25. The lowest BCUT2D eigenvalue weighted by atomic mass is 9.76. The Bertz CT molecular complexity index is 1980. The van der Waals surface area contributed by atoms with Gasteiger partial charge >= 0.3 is 0 Å². The number of hydrogen-bond donors (Lipinski definition) is 0. The molecule has 204 valence electrons. The molecule has 41 heavy (non-hydrogen) atoms. The van der Waals surface area contributed by atoms with E-state index < -0.39 is 5.60 Å². The van der Waals surface area contributed by atoms with Crippen LogP contribution in [-0.4, -0.2) is 0 Å². The Morgan fingerprint density at radius 3 is 2.12 bits per heavy atom. The van der Waals surface area contributed by atoms with E-state index in [0.29, 0.717) is 0 Å². The molecule has 0 bridgehead atoms. The van der Waals surface area contributed by atoms with Gasteiger partial charge in [-0.25, -0.2) is 0 Å². The van der Waals surface area contributed by atoms with Crippen LogP contribution in [0, 0.1) is 0 Å². The van der Waals surface area contributed by atoms with Crippen molar-refractivity contribution in [2.75, 3.05) is 0 Å². The molecule has 8 rings (SSSR count). The van der Waals surface area contributed by atoms with Crippen molar-refractivity contribution in [1.82, 2.24) is 0 Å². The van der Waals surface area contributed by atoms with Crippen molar-refractivity contribution in [3.8, 4) is 11.5 Å². The van der Waals surface area contributed by atoms with Crippen LogP contribution in [0.1, 0.15) is 81.0 Å². The van der Waals surface area contributed by atoms with Gasteiger partial charge in [-0.05, 0) is 89.9 Å². The van der Waals surface area contributed by atoms with Gasteiger partial charge in [-0.3, -0.25) is 0 Å². The van der Waals surface area contributed by atoms with Crippen LogP contribution in [0.3, 0.4) is 0 Å². The zero-order valence-corrected chi connectivity index (χ0v) is 26.5. The molecule has 2 aliphatic heterocycles. The smallest absolute Gasteiger partial charge is 0.202 e. The molecule has 1 aliphatic carbocycles. The highest BCUT2D eigenvalue weighted by atomic mass is 127. The van der Waals surface area contributed by atoms with Crippen LogP contribution in [0.25, 0.3) is 30.7 Å². The molecule has 0 saturated carbocycles. The molecule has 0 amide bonds. The predicted molar refractivity (Wildman–Crippen MR) is 178 cm³/mol. The van der Waals surface area contributed by atoms with E-state index in [-0.39, 0.29) is 16.9 Å². The summed E-state index contributed by atoms with van der Waals surface area (Å²) < 4.78 is 15.6. The number of rotatable bonds is 0. The van der Waals surface area contributed by atoms with E-state index >= 15 is 0 Å². The Kier molecular flexibility index (Phi) is 5.05. The first-order valence-electron chi connectivity index (χ1n) is 14.5. The van der Waals surface area contributed by atoms with Crippen LogP contribution in [-0.2, 0) is 16.4 Å². The molecule has 3 heteroatoms. The van der Waals surface area contributed by atoms with Crippen LogP contribution in [0.5, 0.6) is 11.5 Å². The monoisotopic (exact) mass is 648 g/mol. The van der Waals surface area contributed by atoms with Gasteiger partial charge in [-0.1, -0.05) is 108 Å². The third-order valence-corrected chi connectivity index (χ3v) is 10.4. The number of fused-ring (bicyclic) bond motifs is 8. The van der Waals surface area contributed by atoms with Gasteiger partial charge in [-0.15, -0.1) is 0 Å². The van der Waals surface area contributed by atoms with Crippen molar-refractivity contribution < 1.29 is 9.47 Å². The van der Waals surface area contributed by atoms with Gasteiger partial charge in [0.1, 0.15) is 11.5 Å². The highest BCUT2D eigenvalue weighted by Gasteiger charge is 2.62. The summed E-state index contributed by atoms with van der Waals surface area (Å²) in [6.45, 7) is 13.6. The third kappa shape index (κ3) is 3.42. The van der Waals surface area contributed by atoms with Crippen LogP contribution < -0.4 is 9.47 Å².